The molecule has 1 aliphatic carbocycles. The maximum absolute atomic E-state index is 13.3. The summed E-state index contributed by atoms with van der Waals surface area (Å²) in [4.78, 5) is 14.4. The van der Waals surface area contributed by atoms with Gasteiger partial charge in [0.15, 0.2) is 11.5 Å². The van der Waals surface area contributed by atoms with Crippen LogP contribution in [0.4, 0.5) is 0 Å². The Hall–Kier alpha value is -2.99. The van der Waals surface area contributed by atoms with Gasteiger partial charge in [0.2, 0.25) is 5.75 Å². The van der Waals surface area contributed by atoms with E-state index in [2.05, 4.69) is 29.6 Å². The van der Waals surface area contributed by atoms with Crippen LogP contribution in [0.15, 0.2) is 47.8 Å². The summed E-state index contributed by atoms with van der Waals surface area (Å²) in [6.07, 6.45) is 4.70. The van der Waals surface area contributed by atoms with Crippen LogP contribution in [0.3, 0.4) is 0 Å². The van der Waals surface area contributed by atoms with Gasteiger partial charge in [-0.25, -0.2) is 0 Å². The van der Waals surface area contributed by atoms with Crippen molar-refractivity contribution in [1.29, 1.82) is 0 Å². The van der Waals surface area contributed by atoms with Gasteiger partial charge in [0.1, 0.15) is 0 Å². The lowest BCUT2D eigenvalue weighted by atomic mass is 9.89. The second-order valence-electron chi connectivity index (χ2n) is 7.57. The monoisotopic (exact) mass is 437 g/mol. The third-order valence-electron chi connectivity index (χ3n) is 5.74. The summed E-state index contributed by atoms with van der Waals surface area (Å²) in [6, 6.07) is 13.8. The molecule has 0 saturated carbocycles. The molecule has 0 spiro atoms. The molecule has 5 nitrogen and oxygen atoms in total. The average Bonchev–Trinajstić information content (AvgIpc) is 3.35. The van der Waals surface area contributed by atoms with Gasteiger partial charge < -0.3 is 19.5 Å². The fraction of sp³-hybridized carbons (Fsp3) is 0.320. The van der Waals surface area contributed by atoms with Crippen molar-refractivity contribution in [2.45, 2.75) is 31.7 Å². The molecule has 0 aliphatic heterocycles. The molecule has 6 heteroatoms. The van der Waals surface area contributed by atoms with Crippen molar-refractivity contribution in [3.8, 4) is 17.2 Å². The quantitative estimate of drug-likeness (QED) is 0.554. The van der Waals surface area contributed by atoms with E-state index in [-0.39, 0.29) is 11.9 Å². The van der Waals surface area contributed by atoms with Gasteiger partial charge in [-0.3, -0.25) is 4.79 Å². The van der Waals surface area contributed by atoms with Crippen molar-refractivity contribution >= 4 is 17.2 Å². The molecule has 0 fully saturated rings. The summed E-state index contributed by atoms with van der Waals surface area (Å²) in [5.41, 5.74) is 4.38. The van der Waals surface area contributed by atoms with E-state index in [1.54, 1.807) is 44.8 Å². The minimum absolute atomic E-state index is 0.199. The van der Waals surface area contributed by atoms with Gasteiger partial charge in [0.05, 0.1) is 27.4 Å². The first-order valence-electron chi connectivity index (χ1n) is 10.4. The Labute approximate surface area is 187 Å². The largest absolute Gasteiger partial charge is 0.493 e. The molecule has 2 aromatic carbocycles. The van der Waals surface area contributed by atoms with E-state index in [9.17, 15) is 4.79 Å². The molecule has 1 unspecified atom stereocenters. The average molecular weight is 438 g/mol. The molecule has 1 atom stereocenters. The number of thiophene rings is 1. The van der Waals surface area contributed by atoms with E-state index < -0.39 is 0 Å². The van der Waals surface area contributed by atoms with Gasteiger partial charge >= 0.3 is 0 Å². The van der Waals surface area contributed by atoms with Crippen molar-refractivity contribution < 1.29 is 19.0 Å². The van der Waals surface area contributed by atoms with Crippen LogP contribution in [0, 0.1) is 0 Å². The van der Waals surface area contributed by atoms with Crippen molar-refractivity contribution in [3.05, 3.63) is 75.0 Å². The number of aryl methyl sites for hydroxylation is 2. The summed E-state index contributed by atoms with van der Waals surface area (Å²) >= 11 is 1.64. The number of rotatable bonds is 7. The molecule has 162 valence electrons. The molecule has 4 rings (SSSR count). The molecule has 1 aromatic heterocycles. The molecule has 0 saturated heterocycles. The molecule has 1 amide bonds. The first kappa shape index (κ1) is 21.2. The molecule has 1 aliphatic rings. The zero-order valence-electron chi connectivity index (χ0n) is 18.1. The van der Waals surface area contributed by atoms with E-state index in [0.717, 1.165) is 23.3 Å². The number of benzene rings is 2. The highest BCUT2D eigenvalue weighted by Crippen LogP contribution is 2.38. The second kappa shape index (κ2) is 9.43. The van der Waals surface area contributed by atoms with Crippen LogP contribution in [0.2, 0.25) is 0 Å². The summed E-state index contributed by atoms with van der Waals surface area (Å²) < 4.78 is 16.2. The van der Waals surface area contributed by atoms with Gasteiger partial charge in [0, 0.05) is 10.4 Å². The summed E-state index contributed by atoms with van der Waals surface area (Å²) in [5, 5.41) is 5.25. The molecule has 3 aromatic rings. The molecule has 0 bridgehead atoms. The second-order valence-corrected chi connectivity index (χ2v) is 8.55. The van der Waals surface area contributed by atoms with Crippen molar-refractivity contribution in [2.75, 3.05) is 21.3 Å². The lowest BCUT2D eigenvalue weighted by Gasteiger charge is -2.22. The number of methoxy groups -OCH3 is 3. The van der Waals surface area contributed by atoms with Crippen LogP contribution in [0.25, 0.3) is 0 Å². The number of carbonyl (C=O) groups excluding carboxylic acids is 1. The highest BCUT2D eigenvalue weighted by atomic mass is 32.1. The Kier molecular flexibility index (Phi) is 6.47. The number of nitrogens with one attached hydrogen (secondary N) is 1. The Balaban J connectivity index is 1.68. The maximum Gasteiger partial charge on any atom is 0.252 e. The standard InChI is InChI=1S/C25H27NO4S/c1-28-20-14-19(15-21(29-2)24(20)30-3)25(27)26-23(22-9-6-12-31-22)18-11-10-16-7-4-5-8-17(16)13-18/h6,9-15,23H,4-5,7-8H2,1-3H3,(H,26,27). The molecular formula is C25H27NO4S. The molecular weight excluding hydrogens is 410 g/mol. The number of amides is 1. The van der Waals surface area contributed by atoms with Crippen molar-refractivity contribution in [3.63, 3.8) is 0 Å². The smallest absolute Gasteiger partial charge is 0.252 e. The lowest BCUT2D eigenvalue weighted by Crippen LogP contribution is -2.29. The van der Waals surface area contributed by atoms with Gasteiger partial charge in [-0.05, 0) is 66.0 Å². The molecule has 1 N–H and O–H groups in total. The molecule has 31 heavy (non-hydrogen) atoms. The van der Waals surface area contributed by atoms with Gasteiger partial charge in [0.25, 0.3) is 5.91 Å². The van der Waals surface area contributed by atoms with Gasteiger partial charge in [-0.2, -0.15) is 0 Å². The summed E-state index contributed by atoms with van der Waals surface area (Å²) in [6.45, 7) is 0. The van der Waals surface area contributed by atoms with Crippen LogP contribution < -0.4 is 19.5 Å². The predicted octanol–water partition coefficient (Wildman–Crippen LogP) is 5.17. The fourth-order valence-electron chi connectivity index (χ4n) is 4.13. The fourth-order valence-corrected chi connectivity index (χ4v) is 4.94. The van der Waals surface area contributed by atoms with Crippen LogP contribution in [0.5, 0.6) is 17.2 Å². The number of carbonyl (C=O) groups is 1. The normalized spacial score (nSPS) is 13.8. The Morgan fingerprint density at radius 3 is 2.26 bits per heavy atom. The van der Waals surface area contributed by atoms with Crippen molar-refractivity contribution in [1.82, 2.24) is 5.32 Å². The summed E-state index contributed by atoms with van der Waals surface area (Å²) in [7, 11) is 4.63. The van der Waals surface area contributed by atoms with E-state index in [4.69, 9.17) is 14.2 Å². The van der Waals surface area contributed by atoms with Crippen LogP contribution in [-0.4, -0.2) is 27.2 Å². The zero-order chi connectivity index (χ0) is 21.8. The first-order valence-corrected chi connectivity index (χ1v) is 11.3. The molecule has 0 radical (unpaired) electrons. The highest BCUT2D eigenvalue weighted by Gasteiger charge is 2.23. The van der Waals surface area contributed by atoms with Crippen molar-refractivity contribution in [2.24, 2.45) is 0 Å². The Morgan fingerprint density at radius 2 is 1.65 bits per heavy atom. The Morgan fingerprint density at radius 1 is 0.935 bits per heavy atom. The van der Waals surface area contributed by atoms with Crippen LogP contribution >= 0.6 is 11.3 Å². The third kappa shape index (κ3) is 4.39. The number of hydrogen-bond donors (Lipinski definition) is 1. The van der Waals surface area contributed by atoms with E-state index in [0.29, 0.717) is 22.8 Å². The van der Waals surface area contributed by atoms with E-state index in [1.165, 1.54) is 24.0 Å². The Bertz CT molecular complexity index is 1040. The van der Waals surface area contributed by atoms with Gasteiger partial charge in [-0.1, -0.05) is 24.3 Å². The minimum Gasteiger partial charge on any atom is -0.493 e. The van der Waals surface area contributed by atoms with E-state index >= 15 is 0 Å². The first-order chi connectivity index (χ1) is 15.1. The number of fused-ring (bicyclic) bond motifs is 1. The SMILES string of the molecule is COc1cc(C(=O)NC(c2ccc3c(c2)CCCC3)c2cccs2)cc(OC)c1OC. The highest BCUT2D eigenvalue weighted by molar-refractivity contribution is 7.10. The number of hydrogen-bond acceptors (Lipinski definition) is 5. The lowest BCUT2D eigenvalue weighted by molar-refractivity contribution is 0.0942. The number of ether oxygens (including phenoxy) is 3. The van der Waals surface area contributed by atoms with Crippen LogP contribution in [0.1, 0.15) is 50.8 Å². The predicted molar refractivity (Wildman–Crippen MR) is 123 cm³/mol. The molecule has 1 heterocycles. The van der Waals surface area contributed by atoms with E-state index in [1.807, 2.05) is 11.4 Å². The zero-order valence-corrected chi connectivity index (χ0v) is 18.9. The maximum atomic E-state index is 13.3. The van der Waals surface area contributed by atoms with Crippen LogP contribution in [-0.2, 0) is 12.8 Å². The summed E-state index contributed by atoms with van der Waals surface area (Å²) in [5.74, 6) is 1.17. The topological polar surface area (TPSA) is 56.8 Å². The minimum atomic E-state index is -0.223. The van der Waals surface area contributed by atoms with Gasteiger partial charge in [-0.15, -0.1) is 11.3 Å². The third-order valence-corrected chi connectivity index (χ3v) is 6.67.